The number of aromatic amines is 1. The Balaban J connectivity index is 1.65. The molecule has 0 atom stereocenters. The molecule has 0 radical (unpaired) electrons. The van der Waals surface area contributed by atoms with Crippen LogP contribution in [0.3, 0.4) is 0 Å². The van der Waals surface area contributed by atoms with E-state index in [1.165, 1.54) is 27.8 Å². The molecule has 164 valence electrons. The molecule has 3 rings (SSSR count). The van der Waals surface area contributed by atoms with Crippen molar-refractivity contribution in [3.8, 4) is 11.4 Å². The quantitative estimate of drug-likeness (QED) is 0.523. The number of nitrogens with one attached hydrogen (secondary N) is 2. The third-order valence-corrected chi connectivity index (χ3v) is 5.94. The minimum Gasteiger partial charge on any atom is -0.354 e. The van der Waals surface area contributed by atoms with Gasteiger partial charge in [-0.15, -0.1) is 0 Å². The molecule has 2 N–H and O–H groups in total. The molecule has 0 spiro atoms. The van der Waals surface area contributed by atoms with Gasteiger partial charge < -0.3 is 5.32 Å². The van der Waals surface area contributed by atoms with Crippen molar-refractivity contribution in [2.24, 2.45) is 0 Å². The van der Waals surface area contributed by atoms with E-state index >= 15 is 0 Å². The van der Waals surface area contributed by atoms with Crippen LogP contribution in [-0.4, -0.2) is 27.2 Å². The molecule has 5 nitrogen and oxygen atoms in total. The highest BCUT2D eigenvalue weighted by Crippen LogP contribution is 2.27. The third-order valence-electron chi connectivity index (χ3n) is 5.63. The maximum Gasteiger partial charge on any atom is 0.240 e. The van der Waals surface area contributed by atoms with Crippen molar-refractivity contribution < 1.29 is 4.79 Å². The number of hydrogen-bond acceptors (Lipinski definition) is 3. The van der Waals surface area contributed by atoms with E-state index in [-0.39, 0.29) is 17.9 Å². The molecule has 6 heteroatoms. The van der Waals surface area contributed by atoms with Gasteiger partial charge in [0.05, 0.1) is 0 Å². The van der Waals surface area contributed by atoms with Crippen molar-refractivity contribution >= 4 is 18.1 Å². The van der Waals surface area contributed by atoms with Gasteiger partial charge in [-0.2, -0.15) is 5.10 Å². The Hall–Kier alpha value is -2.73. The number of nitrogens with zero attached hydrogens (tertiary/aromatic N) is 2. The molecule has 0 bridgehead atoms. The van der Waals surface area contributed by atoms with Crippen LogP contribution in [0.1, 0.15) is 48.6 Å². The summed E-state index contributed by atoms with van der Waals surface area (Å²) < 4.78 is 2.18. The first kappa shape index (κ1) is 22.9. The highest BCUT2D eigenvalue weighted by atomic mass is 32.1. The maximum absolute atomic E-state index is 12.6. The van der Waals surface area contributed by atoms with Crippen molar-refractivity contribution in [1.29, 1.82) is 0 Å². The van der Waals surface area contributed by atoms with Gasteiger partial charge in [0.1, 0.15) is 6.54 Å². The predicted molar refractivity (Wildman–Crippen MR) is 129 cm³/mol. The van der Waals surface area contributed by atoms with Crippen LogP contribution in [0.4, 0.5) is 0 Å². The van der Waals surface area contributed by atoms with Crippen LogP contribution in [-0.2, 0) is 23.2 Å². The zero-order chi connectivity index (χ0) is 22.8. The molecule has 0 aliphatic carbocycles. The van der Waals surface area contributed by atoms with E-state index < -0.39 is 0 Å². The lowest BCUT2D eigenvalue weighted by molar-refractivity contribution is -0.121. The molecule has 1 heterocycles. The van der Waals surface area contributed by atoms with Crippen LogP contribution in [0, 0.1) is 25.5 Å². The zero-order valence-corrected chi connectivity index (χ0v) is 20.1. The van der Waals surface area contributed by atoms with E-state index in [1.54, 1.807) is 4.57 Å². The zero-order valence-electron chi connectivity index (χ0n) is 19.3. The molecule has 0 fully saturated rings. The molecule has 1 aromatic heterocycles. The van der Waals surface area contributed by atoms with Crippen LogP contribution in [0.2, 0.25) is 0 Å². The van der Waals surface area contributed by atoms with Crippen LogP contribution in [0.25, 0.3) is 11.4 Å². The van der Waals surface area contributed by atoms with Crippen molar-refractivity contribution in [2.45, 2.75) is 59.9 Å². The summed E-state index contributed by atoms with van der Waals surface area (Å²) >= 11 is 5.35. The number of amides is 1. The van der Waals surface area contributed by atoms with Crippen LogP contribution in [0.5, 0.6) is 0 Å². The Bertz CT molecular complexity index is 1110. The SMILES string of the molecule is Cc1ccc(-c2n[nH]c(=S)n2CC(=O)NCCc2c(C)cc(C(C)(C)C)cc2C)cc1. The van der Waals surface area contributed by atoms with Crippen molar-refractivity contribution in [1.82, 2.24) is 20.1 Å². The Labute approximate surface area is 189 Å². The summed E-state index contributed by atoms with van der Waals surface area (Å²) in [6, 6.07) is 12.6. The third kappa shape index (κ3) is 5.50. The first-order chi connectivity index (χ1) is 14.6. The molecule has 0 saturated carbocycles. The number of carbonyl (C=O) groups is 1. The van der Waals surface area contributed by atoms with Crippen LogP contribution >= 0.6 is 12.2 Å². The summed E-state index contributed by atoms with van der Waals surface area (Å²) in [5.74, 6) is 0.595. The molecular formula is C25H32N4OS. The van der Waals surface area contributed by atoms with E-state index in [4.69, 9.17) is 12.2 Å². The predicted octanol–water partition coefficient (Wildman–Crippen LogP) is 5.19. The minimum absolute atomic E-state index is 0.0764. The summed E-state index contributed by atoms with van der Waals surface area (Å²) in [4.78, 5) is 12.6. The van der Waals surface area contributed by atoms with Gasteiger partial charge in [0.2, 0.25) is 5.91 Å². The normalized spacial score (nSPS) is 11.5. The first-order valence-corrected chi connectivity index (χ1v) is 11.1. The Morgan fingerprint density at radius 1 is 1.10 bits per heavy atom. The summed E-state index contributed by atoms with van der Waals surface area (Å²) in [6.45, 7) is 13.7. The second-order valence-electron chi connectivity index (χ2n) is 9.24. The summed E-state index contributed by atoms with van der Waals surface area (Å²) in [5.41, 5.74) is 7.41. The Morgan fingerprint density at radius 3 is 2.29 bits per heavy atom. The second-order valence-corrected chi connectivity index (χ2v) is 9.63. The lowest BCUT2D eigenvalue weighted by Crippen LogP contribution is -2.30. The average Bonchev–Trinajstić information content (AvgIpc) is 3.04. The van der Waals surface area contributed by atoms with Gasteiger partial charge in [0.15, 0.2) is 10.6 Å². The van der Waals surface area contributed by atoms with E-state index in [0.717, 1.165) is 12.0 Å². The number of aromatic nitrogens is 3. The molecule has 3 aromatic rings. The second kappa shape index (κ2) is 9.18. The number of benzene rings is 2. The highest BCUT2D eigenvalue weighted by molar-refractivity contribution is 7.71. The Kier molecular flexibility index (Phi) is 6.80. The van der Waals surface area contributed by atoms with Gasteiger partial charge >= 0.3 is 0 Å². The van der Waals surface area contributed by atoms with Gasteiger partial charge in [-0.05, 0) is 67.1 Å². The molecular weight excluding hydrogens is 404 g/mol. The molecule has 0 unspecified atom stereocenters. The monoisotopic (exact) mass is 436 g/mol. The van der Waals surface area contributed by atoms with Crippen molar-refractivity contribution in [3.05, 3.63) is 69.0 Å². The lowest BCUT2D eigenvalue weighted by Gasteiger charge is -2.22. The number of rotatable bonds is 6. The molecule has 0 saturated heterocycles. The standard InChI is InChI=1S/C25H32N4OS/c1-16-7-9-19(10-8-16)23-27-28-24(31)29(23)15-22(30)26-12-11-21-17(2)13-20(14-18(21)3)25(4,5)6/h7-10,13-14H,11-12,15H2,1-6H3,(H,26,30)(H,28,31). The van der Waals surface area contributed by atoms with Crippen molar-refractivity contribution in [2.75, 3.05) is 6.54 Å². The fraction of sp³-hybridized carbons (Fsp3) is 0.400. The van der Waals surface area contributed by atoms with Gasteiger partial charge in [-0.3, -0.25) is 14.5 Å². The van der Waals surface area contributed by atoms with Crippen LogP contribution < -0.4 is 5.32 Å². The molecule has 2 aromatic carbocycles. The number of aryl methyl sites for hydroxylation is 3. The van der Waals surface area contributed by atoms with E-state index in [1.807, 2.05) is 31.2 Å². The van der Waals surface area contributed by atoms with Gasteiger partial charge in [-0.25, -0.2) is 0 Å². The molecule has 0 aliphatic rings. The lowest BCUT2D eigenvalue weighted by atomic mass is 9.83. The largest absolute Gasteiger partial charge is 0.354 e. The number of hydrogen-bond donors (Lipinski definition) is 2. The van der Waals surface area contributed by atoms with Crippen molar-refractivity contribution in [3.63, 3.8) is 0 Å². The fourth-order valence-electron chi connectivity index (χ4n) is 3.73. The first-order valence-electron chi connectivity index (χ1n) is 10.7. The van der Waals surface area contributed by atoms with Gasteiger partial charge in [-0.1, -0.05) is 62.7 Å². The average molecular weight is 437 g/mol. The number of carbonyl (C=O) groups excluding carboxylic acids is 1. The minimum atomic E-state index is -0.0764. The summed E-state index contributed by atoms with van der Waals surface area (Å²) in [5, 5.41) is 10.2. The Morgan fingerprint density at radius 2 is 1.71 bits per heavy atom. The van der Waals surface area contributed by atoms with Gasteiger partial charge in [0, 0.05) is 12.1 Å². The van der Waals surface area contributed by atoms with Gasteiger partial charge in [0.25, 0.3) is 0 Å². The molecule has 31 heavy (non-hydrogen) atoms. The molecule has 0 aliphatic heterocycles. The van der Waals surface area contributed by atoms with Crippen LogP contribution in [0.15, 0.2) is 36.4 Å². The highest BCUT2D eigenvalue weighted by Gasteiger charge is 2.17. The topological polar surface area (TPSA) is 62.7 Å². The fourth-order valence-corrected chi connectivity index (χ4v) is 3.93. The van der Waals surface area contributed by atoms with E-state index in [9.17, 15) is 4.79 Å². The maximum atomic E-state index is 12.6. The smallest absolute Gasteiger partial charge is 0.240 e. The summed E-state index contributed by atoms with van der Waals surface area (Å²) in [7, 11) is 0. The number of H-pyrrole nitrogens is 1. The summed E-state index contributed by atoms with van der Waals surface area (Å²) in [6.07, 6.45) is 0.801. The molecule has 1 amide bonds. The van der Waals surface area contributed by atoms with E-state index in [2.05, 4.69) is 62.3 Å². The van der Waals surface area contributed by atoms with E-state index in [0.29, 0.717) is 17.1 Å².